The lowest BCUT2D eigenvalue weighted by atomic mass is 10.1. The number of halogens is 1. The summed E-state index contributed by atoms with van der Waals surface area (Å²) in [4.78, 5) is 2.17. The van der Waals surface area contributed by atoms with Gasteiger partial charge in [-0.1, -0.05) is 35.5 Å². The molecule has 180 valence electrons. The normalized spacial score (nSPS) is 12.1. The first-order valence-corrected chi connectivity index (χ1v) is 13.5. The Morgan fingerprint density at radius 2 is 1.91 bits per heavy atom. The van der Waals surface area contributed by atoms with Crippen LogP contribution in [0.2, 0.25) is 0 Å². The van der Waals surface area contributed by atoms with Gasteiger partial charge in [-0.3, -0.25) is 4.72 Å². The molecule has 0 bridgehead atoms. The Morgan fingerprint density at radius 1 is 1.06 bits per heavy atom. The summed E-state index contributed by atoms with van der Waals surface area (Å²) in [7, 11) is -1.65. The zero-order valence-corrected chi connectivity index (χ0v) is 20.7. The number of aryl methyl sites for hydroxylation is 1. The highest BCUT2D eigenvalue weighted by Gasteiger charge is 2.18. The van der Waals surface area contributed by atoms with Crippen LogP contribution in [-0.4, -0.2) is 32.1 Å². The van der Waals surface area contributed by atoms with E-state index in [1.54, 1.807) is 18.2 Å². The van der Waals surface area contributed by atoms with E-state index in [0.29, 0.717) is 22.0 Å². The molecule has 5 rings (SSSR count). The van der Waals surface area contributed by atoms with Crippen LogP contribution < -0.4 is 4.72 Å². The molecule has 0 saturated carbocycles. The summed E-state index contributed by atoms with van der Waals surface area (Å²) < 4.78 is 48.3. The number of thiophene rings is 1. The van der Waals surface area contributed by atoms with E-state index in [4.69, 9.17) is 4.52 Å². The highest BCUT2D eigenvalue weighted by atomic mass is 32.2. The third-order valence-corrected chi connectivity index (χ3v) is 8.73. The smallest absolute Gasteiger partial charge is 0.271 e. The van der Waals surface area contributed by atoms with E-state index in [0.717, 1.165) is 46.1 Å². The van der Waals surface area contributed by atoms with Gasteiger partial charge in [0.05, 0.1) is 5.69 Å². The van der Waals surface area contributed by atoms with Crippen LogP contribution in [0, 0.1) is 5.82 Å². The molecule has 0 aliphatic carbocycles. The van der Waals surface area contributed by atoms with Crippen LogP contribution in [-0.2, 0) is 23.0 Å². The van der Waals surface area contributed by atoms with Crippen molar-refractivity contribution in [1.82, 2.24) is 10.1 Å². The van der Waals surface area contributed by atoms with Gasteiger partial charge in [0.15, 0.2) is 5.58 Å². The number of sulfonamides is 1. The van der Waals surface area contributed by atoms with E-state index in [1.807, 2.05) is 49.5 Å². The van der Waals surface area contributed by atoms with Crippen LogP contribution in [0.25, 0.3) is 21.1 Å². The molecule has 0 radical (unpaired) electrons. The number of anilines is 1. The zero-order valence-electron chi connectivity index (χ0n) is 19.1. The maximum Gasteiger partial charge on any atom is 0.271 e. The fraction of sp³-hybridized carbons (Fsp3) is 0.192. The van der Waals surface area contributed by atoms with Gasteiger partial charge in [-0.15, -0.1) is 11.3 Å². The summed E-state index contributed by atoms with van der Waals surface area (Å²) in [5.74, 6) is -0.340. The first-order chi connectivity index (χ1) is 16.9. The van der Waals surface area contributed by atoms with Crippen molar-refractivity contribution in [3.63, 3.8) is 0 Å². The van der Waals surface area contributed by atoms with E-state index in [1.165, 1.54) is 23.5 Å². The van der Waals surface area contributed by atoms with Gasteiger partial charge in [-0.05, 0) is 73.8 Å². The van der Waals surface area contributed by atoms with Gasteiger partial charge >= 0.3 is 0 Å². The van der Waals surface area contributed by atoms with Gasteiger partial charge in [-0.25, -0.2) is 12.8 Å². The Kier molecular flexibility index (Phi) is 6.55. The van der Waals surface area contributed by atoms with Crippen molar-refractivity contribution in [3.8, 4) is 0 Å². The second-order valence-electron chi connectivity index (χ2n) is 8.52. The van der Waals surface area contributed by atoms with Gasteiger partial charge < -0.3 is 9.42 Å². The Labute approximate surface area is 207 Å². The molecule has 0 aliphatic heterocycles. The summed E-state index contributed by atoms with van der Waals surface area (Å²) in [6.45, 7) is 1.48. The van der Waals surface area contributed by atoms with E-state index >= 15 is 0 Å². The average Bonchev–Trinajstić information content (AvgIpc) is 3.43. The van der Waals surface area contributed by atoms with E-state index in [2.05, 4.69) is 14.8 Å². The van der Waals surface area contributed by atoms with Gasteiger partial charge in [0.2, 0.25) is 0 Å². The number of hydrogen-bond donors (Lipinski definition) is 1. The lowest BCUT2D eigenvalue weighted by molar-refractivity contribution is 0.320. The number of aromatic nitrogens is 1. The predicted octanol–water partition coefficient (Wildman–Crippen LogP) is 6.05. The topological polar surface area (TPSA) is 75.4 Å². The van der Waals surface area contributed by atoms with Crippen molar-refractivity contribution >= 4 is 48.1 Å². The molecular formula is C26H24FN3O3S2. The van der Waals surface area contributed by atoms with Crippen molar-refractivity contribution in [2.24, 2.45) is 0 Å². The van der Waals surface area contributed by atoms with Crippen molar-refractivity contribution in [1.29, 1.82) is 0 Å². The molecule has 2 heterocycles. The van der Waals surface area contributed by atoms with E-state index in [9.17, 15) is 12.8 Å². The molecule has 0 amide bonds. The maximum absolute atomic E-state index is 13.3. The van der Waals surface area contributed by atoms with Crippen LogP contribution in [0.3, 0.4) is 0 Å². The Hall–Kier alpha value is -3.27. The first kappa shape index (κ1) is 23.5. The highest BCUT2D eigenvalue weighted by Crippen LogP contribution is 2.30. The summed E-state index contributed by atoms with van der Waals surface area (Å²) in [5, 5.41) is 5.83. The molecule has 0 atom stereocenters. The largest absolute Gasteiger partial charge is 0.356 e. The fourth-order valence-corrected chi connectivity index (χ4v) is 6.53. The van der Waals surface area contributed by atoms with E-state index in [-0.39, 0.29) is 5.82 Å². The molecule has 0 spiro atoms. The summed E-state index contributed by atoms with van der Waals surface area (Å²) in [5.41, 5.74) is 2.83. The van der Waals surface area contributed by atoms with E-state index < -0.39 is 10.0 Å². The third-order valence-electron chi connectivity index (χ3n) is 5.76. The Balaban J connectivity index is 1.19. The molecular weight excluding hydrogens is 485 g/mol. The number of rotatable bonds is 9. The quantitative estimate of drug-likeness (QED) is 0.262. The van der Waals surface area contributed by atoms with Crippen molar-refractivity contribution in [2.75, 3.05) is 18.3 Å². The SMILES string of the molecule is CN(CCCc1noc2cc(F)ccc12)Cc1cccc(NS(=O)(=O)c2cc3ccccc3s2)c1. The van der Waals surface area contributed by atoms with Gasteiger partial charge in [0.1, 0.15) is 10.0 Å². The zero-order chi connectivity index (χ0) is 24.4. The van der Waals surface area contributed by atoms with Gasteiger partial charge in [0.25, 0.3) is 10.0 Å². The lowest BCUT2D eigenvalue weighted by Gasteiger charge is -2.17. The molecule has 6 nitrogen and oxygen atoms in total. The monoisotopic (exact) mass is 509 g/mol. The Morgan fingerprint density at radius 3 is 2.77 bits per heavy atom. The molecule has 0 aliphatic rings. The molecule has 2 aromatic heterocycles. The van der Waals surface area contributed by atoms with Crippen LogP contribution >= 0.6 is 11.3 Å². The molecule has 35 heavy (non-hydrogen) atoms. The molecule has 9 heteroatoms. The minimum absolute atomic E-state index is 0.296. The number of fused-ring (bicyclic) bond motifs is 2. The molecule has 3 aromatic carbocycles. The summed E-state index contributed by atoms with van der Waals surface area (Å²) >= 11 is 1.26. The first-order valence-electron chi connectivity index (χ1n) is 11.2. The van der Waals surface area contributed by atoms with Crippen molar-refractivity contribution in [3.05, 3.63) is 89.9 Å². The van der Waals surface area contributed by atoms with Crippen LogP contribution in [0.1, 0.15) is 17.7 Å². The number of nitrogens with zero attached hydrogens (tertiary/aromatic N) is 2. The number of nitrogens with one attached hydrogen (secondary N) is 1. The maximum atomic E-state index is 13.3. The minimum Gasteiger partial charge on any atom is -0.356 e. The van der Waals surface area contributed by atoms with Crippen molar-refractivity contribution in [2.45, 2.75) is 23.6 Å². The minimum atomic E-state index is -3.66. The second-order valence-corrected chi connectivity index (χ2v) is 11.5. The number of hydrogen-bond acceptors (Lipinski definition) is 6. The molecule has 1 N–H and O–H groups in total. The fourth-order valence-electron chi connectivity index (χ4n) is 4.08. The molecule has 0 fully saturated rings. The van der Waals surface area contributed by atoms with Gasteiger partial charge in [-0.2, -0.15) is 0 Å². The summed E-state index contributed by atoms with van der Waals surface area (Å²) in [6, 6.07) is 21.2. The Bertz CT molecular complexity index is 1560. The molecule has 5 aromatic rings. The number of benzene rings is 3. The lowest BCUT2D eigenvalue weighted by Crippen LogP contribution is -2.20. The summed E-state index contributed by atoms with van der Waals surface area (Å²) in [6.07, 6.45) is 1.58. The molecule has 0 unspecified atom stereocenters. The van der Waals surface area contributed by atoms with Crippen molar-refractivity contribution < 1.29 is 17.3 Å². The predicted molar refractivity (Wildman–Crippen MR) is 138 cm³/mol. The van der Waals surface area contributed by atoms with Gasteiger partial charge in [0, 0.05) is 28.4 Å². The standard InChI is InChI=1S/C26H24FN3O3S2/c1-30(13-5-9-23-22-12-11-20(27)16-24(22)33-28-23)17-18-6-4-8-21(14-18)29-35(31,32)26-15-19-7-2-3-10-25(19)34-26/h2-4,6-8,10-12,14-16,29H,5,9,13,17H2,1H3. The average molecular weight is 510 g/mol. The highest BCUT2D eigenvalue weighted by molar-refractivity contribution is 7.94. The van der Waals surface area contributed by atoms with Crippen LogP contribution in [0.5, 0.6) is 0 Å². The second kappa shape index (κ2) is 9.77. The van der Waals surface area contributed by atoms with Crippen LogP contribution in [0.15, 0.2) is 81.5 Å². The van der Waals surface area contributed by atoms with Crippen LogP contribution in [0.4, 0.5) is 10.1 Å². The molecule has 0 saturated heterocycles. The third kappa shape index (κ3) is 5.37.